The molecule has 1 aromatic heterocycles. The average Bonchev–Trinajstić information content (AvgIpc) is 2.99. The second-order valence-corrected chi connectivity index (χ2v) is 4.79. The van der Waals surface area contributed by atoms with Crippen LogP contribution in [0.5, 0.6) is 0 Å². The number of carbonyl (C=O) groups excluding carboxylic acids is 1. The highest BCUT2D eigenvalue weighted by Gasteiger charge is 2.20. The van der Waals surface area contributed by atoms with Gasteiger partial charge < -0.3 is 4.57 Å². The summed E-state index contributed by atoms with van der Waals surface area (Å²) in [6.07, 6.45) is 2.59. The molecule has 0 bridgehead atoms. The second-order valence-electron chi connectivity index (χ2n) is 4.79. The summed E-state index contributed by atoms with van der Waals surface area (Å²) in [5.41, 5.74) is 2.00. The van der Waals surface area contributed by atoms with Crippen molar-refractivity contribution < 1.29 is 9.18 Å². The van der Waals surface area contributed by atoms with Gasteiger partial charge in [0, 0.05) is 11.8 Å². The van der Waals surface area contributed by atoms with Crippen molar-refractivity contribution in [1.29, 1.82) is 0 Å². The lowest BCUT2D eigenvalue weighted by Gasteiger charge is -2.22. The Labute approximate surface area is 122 Å². The van der Waals surface area contributed by atoms with Crippen LogP contribution in [0.1, 0.15) is 27.7 Å². The quantitative estimate of drug-likeness (QED) is 0.660. The normalized spacial score (nSPS) is 12.0. The standard InChI is InChI=1S/C18H14FNO/c19-17-11-5-4-10-16(17)18(14-7-2-1-3-8-14)20-12-6-9-15(20)13-21/h1-13,18H. The molecular weight excluding hydrogens is 265 g/mol. The van der Waals surface area contributed by atoms with Crippen LogP contribution >= 0.6 is 0 Å². The van der Waals surface area contributed by atoms with Gasteiger partial charge in [0.1, 0.15) is 5.82 Å². The van der Waals surface area contributed by atoms with Crippen molar-refractivity contribution in [1.82, 2.24) is 4.57 Å². The van der Waals surface area contributed by atoms with E-state index in [1.54, 1.807) is 41.1 Å². The van der Waals surface area contributed by atoms with Gasteiger partial charge >= 0.3 is 0 Å². The predicted molar refractivity (Wildman–Crippen MR) is 79.9 cm³/mol. The maximum Gasteiger partial charge on any atom is 0.166 e. The predicted octanol–water partition coefficient (Wildman–Crippen LogP) is 4.08. The minimum atomic E-state index is -0.359. The van der Waals surface area contributed by atoms with Crippen molar-refractivity contribution in [2.24, 2.45) is 0 Å². The van der Waals surface area contributed by atoms with E-state index in [4.69, 9.17) is 0 Å². The molecule has 3 aromatic rings. The van der Waals surface area contributed by atoms with Gasteiger partial charge in [-0.15, -0.1) is 0 Å². The van der Waals surface area contributed by atoms with E-state index in [1.807, 2.05) is 30.3 Å². The number of benzene rings is 2. The lowest BCUT2D eigenvalue weighted by molar-refractivity contribution is 0.111. The molecule has 0 radical (unpaired) electrons. The molecule has 0 saturated heterocycles. The molecule has 3 rings (SSSR count). The minimum Gasteiger partial charge on any atom is -0.334 e. The lowest BCUT2D eigenvalue weighted by Crippen LogP contribution is -2.15. The Kier molecular flexibility index (Phi) is 3.65. The molecule has 2 nitrogen and oxygen atoms in total. The third-order valence-electron chi connectivity index (χ3n) is 3.53. The Hall–Kier alpha value is -2.68. The maximum atomic E-state index is 14.3. The van der Waals surface area contributed by atoms with Crippen LogP contribution in [0.25, 0.3) is 0 Å². The zero-order valence-electron chi connectivity index (χ0n) is 11.3. The first kappa shape index (κ1) is 13.3. The molecule has 0 saturated carbocycles. The largest absolute Gasteiger partial charge is 0.334 e. The first-order valence-corrected chi connectivity index (χ1v) is 6.72. The Balaban J connectivity index is 2.21. The molecule has 21 heavy (non-hydrogen) atoms. The van der Waals surface area contributed by atoms with E-state index in [-0.39, 0.29) is 11.9 Å². The first-order chi connectivity index (χ1) is 10.3. The van der Waals surface area contributed by atoms with Gasteiger partial charge in [-0.1, -0.05) is 48.5 Å². The topological polar surface area (TPSA) is 22.0 Å². The highest BCUT2D eigenvalue weighted by atomic mass is 19.1. The summed E-state index contributed by atoms with van der Waals surface area (Å²) < 4.78 is 16.0. The van der Waals surface area contributed by atoms with Crippen molar-refractivity contribution in [3.63, 3.8) is 0 Å². The van der Waals surface area contributed by atoms with Gasteiger partial charge in [0.15, 0.2) is 6.29 Å². The molecule has 104 valence electrons. The summed E-state index contributed by atoms with van der Waals surface area (Å²) in [7, 11) is 0. The van der Waals surface area contributed by atoms with E-state index in [1.165, 1.54) is 6.07 Å². The molecule has 0 spiro atoms. The molecule has 2 aromatic carbocycles. The molecule has 1 heterocycles. The summed E-state index contributed by atoms with van der Waals surface area (Å²) in [5.74, 6) is -0.281. The number of hydrogen-bond acceptors (Lipinski definition) is 1. The number of halogens is 1. The number of rotatable bonds is 4. The Morgan fingerprint density at radius 2 is 1.62 bits per heavy atom. The van der Waals surface area contributed by atoms with Gasteiger partial charge in [-0.2, -0.15) is 0 Å². The smallest absolute Gasteiger partial charge is 0.166 e. The molecule has 0 aliphatic rings. The number of aromatic nitrogens is 1. The fraction of sp³-hybridized carbons (Fsp3) is 0.0556. The van der Waals surface area contributed by atoms with E-state index < -0.39 is 0 Å². The van der Waals surface area contributed by atoms with Crippen LogP contribution in [0.2, 0.25) is 0 Å². The Bertz CT molecular complexity index is 749. The van der Waals surface area contributed by atoms with Crippen molar-refractivity contribution in [3.8, 4) is 0 Å². The Morgan fingerprint density at radius 1 is 0.905 bits per heavy atom. The minimum absolute atomic E-state index is 0.281. The van der Waals surface area contributed by atoms with Gasteiger partial charge in [0.05, 0.1) is 11.7 Å². The van der Waals surface area contributed by atoms with Crippen molar-refractivity contribution in [3.05, 3.63) is 95.6 Å². The highest BCUT2D eigenvalue weighted by Crippen LogP contribution is 2.29. The average molecular weight is 279 g/mol. The summed E-state index contributed by atoms with van der Waals surface area (Å²) in [6, 6.07) is 19.4. The number of carbonyl (C=O) groups is 1. The number of nitrogens with zero attached hydrogens (tertiary/aromatic N) is 1. The van der Waals surface area contributed by atoms with E-state index in [9.17, 15) is 9.18 Å². The zero-order valence-corrected chi connectivity index (χ0v) is 11.3. The summed E-state index contributed by atoms with van der Waals surface area (Å²) in [6.45, 7) is 0. The van der Waals surface area contributed by atoms with Gasteiger partial charge in [-0.3, -0.25) is 4.79 Å². The first-order valence-electron chi connectivity index (χ1n) is 6.72. The van der Waals surface area contributed by atoms with Gasteiger partial charge in [0.25, 0.3) is 0 Å². The van der Waals surface area contributed by atoms with Gasteiger partial charge in [-0.05, 0) is 23.8 Å². The molecule has 1 unspecified atom stereocenters. The van der Waals surface area contributed by atoms with Crippen LogP contribution in [0, 0.1) is 5.82 Å². The maximum absolute atomic E-state index is 14.3. The van der Waals surface area contributed by atoms with Gasteiger partial charge in [-0.25, -0.2) is 4.39 Å². The molecule has 0 aliphatic heterocycles. The fourth-order valence-electron chi connectivity index (χ4n) is 2.56. The van der Waals surface area contributed by atoms with Crippen molar-refractivity contribution in [2.75, 3.05) is 0 Å². The number of aldehydes is 1. The lowest BCUT2D eigenvalue weighted by atomic mass is 9.97. The highest BCUT2D eigenvalue weighted by molar-refractivity contribution is 5.72. The van der Waals surface area contributed by atoms with Crippen LogP contribution in [-0.4, -0.2) is 10.9 Å². The van der Waals surface area contributed by atoms with E-state index >= 15 is 0 Å². The number of hydrogen-bond donors (Lipinski definition) is 0. The zero-order chi connectivity index (χ0) is 14.7. The summed E-state index contributed by atoms with van der Waals surface area (Å²) in [4.78, 5) is 11.2. The molecular formula is C18H14FNO. The molecule has 0 amide bonds. The molecule has 1 atom stereocenters. The Morgan fingerprint density at radius 3 is 2.33 bits per heavy atom. The van der Waals surface area contributed by atoms with E-state index in [0.29, 0.717) is 11.3 Å². The molecule has 3 heteroatoms. The van der Waals surface area contributed by atoms with Crippen LogP contribution in [0.3, 0.4) is 0 Å². The fourth-order valence-corrected chi connectivity index (χ4v) is 2.56. The van der Waals surface area contributed by atoms with E-state index in [2.05, 4.69) is 0 Å². The SMILES string of the molecule is O=Cc1cccn1C(c1ccccc1)c1ccccc1F. The van der Waals surface area contributed by atoms with Crippen LogP contribution in [0.4, 0.5) is 4.39 Å². The van der Waals surface area contributed by atoms with Crippen molar-refractivity contribution >= 4 is 6.29 Å². The van der Waals surface area contributed by atoms with Crippen LogP contribution in [0.15, 0.2) is 72.9 Å². The van der Waals surface area contributed by atoms with Crippen LogP contribution < -0.4 is 0 Å². The van der Waals surface area contributed by atoms with Crippen molar-refractivity contribution in [2.45, 2.75) is 6.04 Å². The molecule has 0 N–H and O–H groups in total. The summed E-state index contributed by atoms with van der Waals surface area (Å²) in [5, 5.41) is 0. The van der Waals surface area contributed by atoms with E-state index in [0.717, 1.165) is 11.8 Å². The third-order valence-corrected chi connectivity index (χ3v) is 3.53. The molecule has 0 aliphatic carbocycles. The molecule has 0 fully saturated rings. The second kappa shape index (κ2) is 5.75. The summed E-state index contributed by atoms with van der Waals surface area (Å²) >= 11 is 0. The monoisotopic (exact) mass is 279 g/mol. The van der Waals surface area contributed by atoms with Gasteiger partial charge in [0.2, 0.25) is 0 Å². The van der Waals surface area contributed by atoms with Crippen LogP contribution in [-0.2, 0) is 0 Å². The third kappa shape index (κ3) is 2.50.